The van der Waals surface area contributed by atoms with Crippen LogP contribution in [0.15, 0.2) is 41.0 Å². The summed E-state index contributed by atoms with van der Waals surface area (Å²) < 4.78 is 24.6. The van der Waals surface area contributed by atoms with Crippen LogP contribution in [0.5, 0.6) is 5.75 Å². The average molecular weight is 482 g/mol. The molecule has 0 atom stereocenters. The average Bonchev–Trinajstić information content (AvgIpc) is 3.29. The highest BCUT2D eigenvalue weighted by Gasteiger charge is 2.20. The fraction of sp³-hybridized carbons (Fsp3) is 0.400. The molecule has 0 bridgehead atoms. The molecule has 2 fully saturated rings. The van der Waals surface area contributed by atoms with E-state index in [1.54, 1.807) is 6.07 Å². The van der Waals surface area contributed by atoms with E-state index in [4.69, 9.17) is 9.10 Å². The molecule has 1 amide bonds. The number of hydrogen-bond acceptors (Lipinski definition) is 6. The first-order valence-corrected chi connectivity index (χ1v) is 13.2. The Morgan fingerprint density at radius 1 is 1.18 bits per heavy atom. The molecule has 1 aliphatic carbocycles. The van der Waals surface area contributed by atoms with Gasteiger partial charge in [0.15, 0.2) is 6.61 Å². The van der Waals surface area contributed by atoms with Gasteiger partial charge in [0.1, 0.15) is 23.7 Å². The Morgan fingerprint density at radius 2 is 2.00 bits per heavy atom. The number of nitrogens with one attached hydrogen (secondary N) is 2. The highest BCUT2D eigenvalue weighted by Crippen LogP contribution is 2.34. The fourth-order valence-corrected chi connectivity index (χ4v) is 6.08. The number of fused-ring (bicyclic) bond motifs is 1. The molecular formula is C25H28FN5O2S. The molecule has 2 heterocycles. The van der Waals surface area contributed by atoms with Crippen molar-refractivity contribution in [3.63, 3.8) is 0 Å². The van der Waals surface area contributed by atoms with E-state index in [2.05, 4.69) is 26.7 Å². The van der Waals surface area contributed by atoms with E-state index in [1.165, 1.54) is 42.8 Å². The lowest BCUT2D eigenvalue weighted by Gasteiger charge is -2.26. The first-order chi connectivity index (χ1) is 16.5. The number of nitrogens with zero attached hydrogens (tertiary/aromatic N) is 3. The molecule has 3 aromatic rings. The quantitative estimate of drug-likeness (QED) is 0.490. The number of aryl methyl sites for hydroxylation is 1. The van der Waals surface area contributed by atoms with Crippen molar-refractivity contribution in [3.8, 4) is 5.75 Å². The van der Waals surface area contributed by atoms with Gasteiger partial charge < -0.3 is 15.4 Å². The number of hydrogen-bond donors (Lipinski definition) is 2. The molecule has 2 aliphatic rings. The van der Waals surface area contributed by atoms with Gasteiger partial charge in [-0.15, -0.1) is 0 Å². The van der Waals surface area contributed by atoms with E-state index in [0.29, 0.717) is 11.5 Å². The van der Waals surface area contributed by atoms with E-state index in [9.17, 15) is 9.18 Å². The molecular weight excluding hydrogens is 453 g/mol. The standard InChI is InChI=1S/C25H28FN5O2S/c1-16-11-19(31-34-9-2-3-10-34)13-21-24(16)25(28-15-27-21)30-20-8-7-17(26)12-22(20)33-14-23(32)29-18-5-4-6-18/h7-8,11-13,15,18H,2-6,9-10,14H2,1H3,(H,29,32)(H,27,28,30). The van der Waals surface area contributed by atoms with Crippen molar-refractivity contribution in [2.24, 2.45) is 4.36 Å². The number of rotatable bonds is 7. The molecule has 7 nitrogen and oxygen atoms in total. The first kappa shape index (κ1) is 22.7. The Bertz CT molecular complexity index is 1250. The van der Waals surface area contributed by atoms with Crippen LogP contribution in [-0.4, -0.2) is 40.0 Å². The van der Waals surface area contributed by atoms with E-state index in [-0.39, 0.29) is 35.0 Å². The van der Waals surface area contributed by atoms with Crippen LogP contribution in [0.3, 0.4) is 0 Å². The number of carbonyl (C=O) groups excluding carboxylic acids is 1. The Hall–Kier alpha value is -3.07. The first-order valence-electron chi connectivity index (χ1n) is 11.7. The predicted octanol–water partition coefficient (Wildman–Crippen LogP) is 5.10. The van der Waals surface area contributed by atoms with Crippen LogP contribution >= 0.6 is 0 Å². The van der Waals surface area contributed by atoms with E-state index in [1.807, 2.05) is 13.0 Å². The summed E-state index contributed by atoms with van der Waals surface area (Å²) in [5, 5.41) is 7.06. The van der Waals surface area contributed by atoms with Gasteiger partial charge in [-0.3, -0.25) is 4.79 Å². The Labute approximate surface area is 200 Å². The second kappa shape index (κ2) is 10.0. The summed E-state index contributed by atoms with van der Waals surface area (Å²) in [5.41, 5.74) is 3.27. The van der Waals surface area contributed by atoms with Gasteiger partial charge in [-0.1, -0.05) is 10.7 Å². The summed E-state index contributed by atoms with van der Waals surface area (Å²) >= 11 is 0. The zero-order valence-electron chi connectivity index (χ0n) is 19.1. The Morgan fingerprint density at radius 3 is 2.76 bits per heavy atom. The summed E-state index contributed by atoms with van der Waals surface area (Å²) in [7, 11) is 0.102. The predicted molar refractivity (Wildman–Crippen MR) is 134 cm³/mol. The summed E-state index contributed by atoms with van der Waals surface area (Å²) in [5.74, 6) is 2.53. The fourth-order valence-electron chi connectivity index (χ4n) is 4.21. The summed E-state index contributed by atoms with van der Waals surface area (Å²) in [4.78, 5) is 21.1. The van der Waals surface area contributed by atoms with Crippen molar-refractivity contribution < 1.29 is 13.9 Å². The van der Waals surface area contributed by atoms with Gasteiger partial charge in [0.25, 0.3) is 5.91 Å². The van der Waals surface area contributed by atoms with Crippen LogP contribution in [-0.2, 0) is 15.5 Å². The van der Waals surface area contributed by atoms with Gasteiger partial charge in [0.2, 0.25) is 0 Å². The normalized spacial score (nSPS) is 16.3. The highest BCUT2D eigenvalue weighted by molar-refractivity contribution is 7.87. The molecule has 34 heavy (non-hydrogen) atoms. The van der Waals surface area contributed by atoms with Crippen LogP contribution < -0.4 is 15.4 Å². The maximum Gasteiger partial charge on any atom is 0.258 e. The number of amides is 1. The van der Waals surface area contributed by atoms with Crippen molar-refractivity contribution in [3.05, 3.63) is 48.0 Å². The van der Waals surface area contributed by atoms with Crippen molar-refractivity contribution >= 4 is 44.7 Å². The molecule has 1 aliphatic heterocycles. The van der Waals surface area contributed by atoms with E-state index >= 15 is 0 Å². The van der Waals surface area contributed by atoms with Crippen LogP contribution in [0.4, 0.5) is 21.6 Å². The van der Waals surface area contributed by atoms with Crippen LogP contribution in [0, 0.1) is 12.7 Å². The van der Waals surface area contributed by atoms with Crippen molar-refractivity contribution in [2.45, 2.75) is 45.1 Å². The molecule has 1 aromatic heterocycles. The number of anilines is 2. The maximum atomic E-state index is 14.0. The lowest BCUT2D eigenvalue weighted by molar-refractivity contribution is -0.124. The van der Waals surface area contributed by atoms with Crippen LogP contribution in [0.2, 0.25) is 0 Å². The number of carbonyl (C=O) groups is 1. The number of halogens is 1. The molecule has 2 aromatic carbocycles. The van der Waals surface area contributed by atoms with Crippen LogP contribution in [0.1, 0.15) is 37.7 Å². The maximum absolute atomic E-state index is 14.0. The summed E-state index contributed by atoms with van der Waals surface area (Å²) in [6.45, 7) is 1.84. The lowest BCUT2D eigenvalue weighted by atomic mass is 9.93. The second-order valence-electron chi connectivity index (χ2n) is 8.80. The molecule has 1 saturated carbocycles. The molecule has 178 valence electrons. The molecule has 0 radical (unpaired) electrons. The van der Waals surface area contributed by atoms with Gasteiger partial charge >= 0.3 is 0 Å². The SMILES string of the molecule is Cc1cc(N=S2CCCC2)cc2ncnc(Nc3ccc(F)cc3OCC(=O)NC3CCC3)c12. The monoisotopic (exact) mass is 481 g/mol. The lowest BCUT2D eigenvalue weighted by Crippen LogP contribution is -2.41. The third-order valence-corrected chi connectivity index (χ3v) is 8.18. The molecule has 0 spiro atoms. The second-order valence-corrected chi connectivity index (χ2v) is 10.7. The molecule has 1 saturated heterocycles. The van der Waals surface area contributed by atoms with Gasteiger partial charge in [-0.25, -0.2) is 18.7 Å². The minimum Gasteiger partial charge on any atom is -0.481 e. The van der Waals surface area contributed by atoms with Gasteiger partial charge in [-0.05, 0) is 68.9 Å². The number of ether oxygens (including phenoxy) is 1. The number of benzene rings is 2. The zero-order chi connectivity index (χ0) is 23.5. The summed E-state index contributed by atoms with van der Waals surface area (Å²) in [6, 6.07) is 8.49. The molecule has 9 heteroatoms. The minimum absolute atomic E-state index is 0.102. The van der Waals surface area contributed by atoms with Gasteiger partial charge in [0.05, 0.1) is 16.9 Å². The van der Waals surface area contributed by atoms with Crippen molar-refractivity contribution in [1.82, 2.24) is 15.3 Å². The largest absolute Gasteiger partial charge is 0.481 e. The topological polar surface area (TPSA) is 88.5 Å². The number of aromatic nitrogens is 2. The van der Waals surface area contributed by atoms with Crippen molar-refractivity contribution in [1.29, 1.82) is 0 Å². The minimum atomic E-state index is -0.442. The van der Waals surface area contributed by atoms with E-state index in [0.717, 1.165) is 41.4 Å². The van der Waals surface area contributed by atoms with Gasteiger partial charge in [0, 0.05) is 29.0 Å². The third kappa shape index (κ3) is 5.19. The van der Waals surface area contributed by atoms with E-state index < -0.39 is 5.82 Å². The summed E-state index contributed by atoms with van der Waals surface area (Å²) in [6.07, 6.45) is 7.12. The molecule has 0 unspecified atom stereocenters. The molecule has 5 rings (SSSR count). The van der Waals surface area contributed by atoms with Gasteiger partial charge in [-0.2, -0.15) is 0 Å². The Kier molecular flexibility index (Phi) is 6.71. The Balaban J connectivity index is 1.39. The highest BCUT2D eigenvalue weighted by atomic mass is 32.2. The van der Waals surface area contributed by atoms with Crippen molar-refractivity contribution in [2.75, 3.05) is 23.4 Å². The zero-order valence-corrected chi connectivity index (χ0v) is 20.0. The third-order valence-electron chi connectivity index (χ3n) is 6.19. The van der Waals surface area contributed by atoms with Crippen LogP contribution in [0.25, 0.3) is 10.9 Å². The smallest absolute Gasteiger partial charge is 0.258 e. The molecule has 2 N–H and O–H groups in total.